The van der Waals surface area contributed by atoms with Gasteiger partial charge in [0.1, 0.15) is 0 Å². The van der Waals surface area contributed by atoms with E-state index in [2.05, 4.69) is 43.8 Å². The summed E-state index contributed by atoms with van der Waals surface area (Å²) in [6.07, 6.45) is 0. The first kappa shape index (κ1) is 20.4. The molecule has 7 heteroatoms. The van der Waals surface area contributed by atoms with Gasteiger partial charge >= 0.3 is 7.75 Å². The van der Waals surface area contributed by atoms with Crippen molar-refractivity contribution in [1.29, 1.82) is 0 Å². The lowest BCUT2D eigenvalue weighted by Gasteiger charge is -1.86. The van der Waals surface area contributed by atoms with Crippen LogP contribution in [0.1, 0.15) is 27.7 Å². The third-order valence-corrected chi connectivity index (χ3v) is 1.000. The Morgan fingerprint density at radius 2 is 1.07 bits per heavy atom. The van der Waals surface area contributed by atoms with Crippen LogP contribution in [0.25, 0.3) is 0 Å². The summed E-state index contributed by atoms with van der Waals surface area (Å²) in [6.45, 7) is 12.8. The fourth-order valence-corrected chi connectivity index (χ4v) is 0.500. The van der Waals surface area contributed by atoms with Gasteiger partial charge < -0.3 is 20.4 Å². The quantitative estimate of drug-likeness (QED) is 0.454. The van der Waals surface area contributed by atoms with Crippen molar-refractivity contribution in [3.05, 3.63) is 0 Å². The summed E-state index contributed by atoms with van der Waals surface area (Å²) in [5.41, 5.74) is 4.02. The van der Waals surface area contributed by atoms with Gasteiger partial charge in [0.25, 0.3) is 0 Å². The maximum Gasteiger partial charge on any atom is 0.397 e. The van der Waals surface area contributed by atoms with E-state index in [1.54, 1.807) is 0 Å². The largest absolute Gasteiger partial charge is 0.397 e. The lowest BCUT2D eigenvalue weighted by Crippen LogP contribution is -2.09. The first-order chi connectivity index (χ1) is 6.83. The normalized spacial score (nSPS) is 9.53. The lowest BCUT2D eigenvalue weighted by atomic mass is 10.7. The topological polar surface area (TPSA) is 108 Å². The van der Waals surface area contributed by atoms with Crippen LogP contribution in [0.15, 0.2) is 0 Å². The van der Waals surface area contributed by atoms with Gasteiger partial charge in [-0.2, -0.15) is 0 Å². The van der Waals surface area contributed by atoms with Gasteiger partial charge in [0.05, 0.1) is 0 Å². The number of nitrogens with one attached hydrogen (secondary N) is 2. The minimum Gasteiger partial charge on any atom is -0.317 e. The Kier molecular flexibility index (Phi) is 22.4. The van der Waals surface area contributed by atoms with Crippen LogP contribution in [0, 0.1) is 0 Å². The molecule has 0 saturated heterocycles. The SMILES string of the molecule is CCNCC.CCNCC.NP(=O)(O)O. The molecular weight excluding hydrogens is 217 g/mol. The van der Waals surface area contributed by atoms with Crippen LogP contribution < -0.4 is 16.1 Å². The van der Waals surface area contributed by atoms with E-state index in [-0.39, 0.29) is 0 Å². The maximum atomic E-state index is 9.10. The van der Waals surface area contributed by atoms with Crippen molar-refractivity contribution in [3.8, 4) is 0 Å². The molecule has 0 aromatic heterocycles. The summed E-state index contributed by atoms with van der Waals surface area (Å²) < 4.78 is 9.10. The highest BCUT2D eigenvalue weighted by Crippen LogP contribution is 2.20. The standard InChI is InChI=1S/2C4H11N.H4NO3P/c2*1-3-5-4-2;1-5(2,3)4/h2*5H,3-4H2,1-2H3;(H4,1,2,3,4). The Balaban J connectivity index is -0.000000144. The first-order valence-corrected chi connectivity index (χ1v) is 6.76. The van der Waals surface area contributed by atoms with E-state index in [1.165, 1.54) is 0 Å². The Morgan fingerprint density at radius 1 is 0.933 bits per heavy atom. The highest BCUT2D eigenvalue weighted by molar-refractivity contribution is 7.49. The van der Waals surface area contributed by atoms with E-state index >= 15 is 0 Å². The van der Waals surface area contributed by atoms with Crippen LogP contribution in [-0.2, 0) is 4.57 Å². The monoisotopic (exact) mass is 243 g/mol. The van der Waals surface area contributed by atoms with Crippen LogP contribution >= 0.6 is 7.75 Å². The summed E-state index contributed by atoms with van der Waals surface area (Å²) in [7, 11) is -4.14. The number of rotatable bonds is 4. The molecule has 0 saturated carbocycles. The minimum absolute atomic E-state index is 1.09. The van der Waals surface area contributed by atoms with Crippen molar-refractivity contribution in [2.24, 2.45) is 5.50 Å². The van der Waals surface area contributed by atoms with Crippen molar-refractivity contribution in [2.45, 2.75) is 27.7 Å². The van der Waals surface area contributed by atoms with Crippen molar-refractivity contribution in [3.63, 3.8) is 0 Å². The molecule has 0 rings (SSSR count). The number of hydrogen-bond acceptors (Lipinski definition) is 3. The third-order valence-electron chi connectivity index (χ3n) is 1.000. The van der Waals surface area contributed by atoms with Gasteiger partial charge in [-0.1, -0.05) is 27.7 Å². The molecule has 6 nitrogen and oxygen atoms in total. The Morgan fingerprint density at radius 3 is 1.07 bits per heavy atom. The molecule has 0 aliphatic rings. The second-order valence-corrected chi connectivity index (χ2v) is 3.68. The fourth-order valence-electron chi connectivity index (χ4n) is 0.500. The van der Waals surface area contributed by atoms with Crippen LogP contribution in [0.2, 0.25) is 0 Å². The minimum atomic E-state index is -4.14. The van der Waals surface area contributed by atoms with E-state index in [0.29, 0.717) is 0 Å². The molecule has 0 atom stereocenters. The third kappa shape index (κ3) is 125. The first-order valence-electron chi connectivity index (χ1n) is 5.08. The van der Waals surface area contributed by atoms with Gasteiger partial charge in [-0.3, -0.25) is 0 Å². The average molecular weight is 243 g/mol. The van der Waals surface area contributed by atoms with Crippen molar-refractivity contribution in [1.82, 2.24) is 10.6 Å². The van der Waals surface area contributed by atoms with Crippen LogP contribution in [0.4, 0.5) is 0 Å². The molecule has 0 spiro atoms. The van der Waals surface area contributed by atoms with Gasteiger partial charge in [-0.15, -0.1) is 0 Å². The molecule has 0 aliphatic carbocycles. The van der Waals surface area contributed by atoms with Crippen LogP contribution in [0.3, 0.4) is 0 Å². The fraction of sp³-hybridized carbons (Fsp3) is 1.00. The van der Waals surface area contributed by atoms with Crippen LogP contribution in [-0.4, -0.2) is 36.0 Å². The summed E-state index contributed by atoms with van der Waals surface area (Å²) in [5.74, 6) is 0. The van der Waals surface area contributed by atoms with Crippen molar-refractivity contribution < 1.29 is 14.4 Å². The van der Waals surface area contributed by atoms with Gasteiger partial charge in [-0.25, -0.2) is 10.1 Å². The highest BCUT2D eigenvalue weighted by atomic mass is 31.2. The van der Waals surface area contributed by atoms with Gasteiger partial charge in [0.15, 0.2) is 0 Å². The number of hydrogen-bond donors (Lipinski definition) is 5. The number of nitrogens with two attached hydrogens (primary N) is 1. The summed E-state index contributed by atoms with van der Waals surface area (Å²) >= 11 is 0. The Hall–Kier alpha value is 0.0300. The zero-order valence-corrected chi connectivity index (χ0v) is 11.1. The van der Waals surface area contributed by atoms with E-state index in [9.17, 15) is 0 Å². The molecule has 0 aromatic rings. The van der Waals surface area contributed by atoms with Crippen molar-refractivity contribution in [2.75, 3.05) is 26.2 Å². The molecule has 0 aromatic carbocycles. The maximum absolute atomic E-state index is 9.10. The second kappa shape index (κ2) is 16.5. The van der Waals surface area contributed by atoms with Crippen LogP contribution in [0.5, 0.6) is 0 Å². The molecule has 96 valence electrons. The molecule has 0 fully saturated rings. The molecule has 0 aliphatic heterocycles. The summed E-state index contributed by atoms with van der Waals surface area (Å²) in [5, 5.41) is 6.22. The van der Waals surface area contributed by atoms with Gasteiger partial charge in [0.2, 0.25) is 0 Å². The highest BCUT2D eigenvalue weighted by Gasteiger charge is 1.96. The van der Waals surface area contributed by atoms with Crippen molar-refractivity contribution >= 4 is 7.75 Å². The molecule has 0 bridgehead atoms. The summed E-state index contributed by atoms with van der Waals surface area (Å²) in [6, 6.07) is 0. The van der Waals surface area contributed by atoms with Gasteiger partial charge in [0, 0.05) is 0 Å². The molecule has 6 N–H and O–H groups in total. The predicted molar refractivity (Wildman–Crippen MR) is 64.7 cm³/mol. The Labute approximate surface area is 92.9 Å². The van der Waals surface area contributed by atoms with E-state index in [0.717, 1.165) is 26.2 Å². The van der Waals surface area contributed by atoms with E-state index < -0.39 is 7.75 Å². The zero-order chi connectivity index (χ0) is 12.7. The zero-order valence-electron chi connectivity index (χ0n) is 10.2. The smallest absolute Gasteiger partial charge is 0.317 e. The molecule has 0 radical (unpaired) electrons. The lowest BCUT2D eigenvalue weighted by molar-refractivity contribution is 0.374. The summed E-state index contributed by atoms with van der Waals surface area (Å²) in [4.78, 5) is 14.8. The molecule has 0 unspecified atom stereocenters. The molecule has 0 heterocycles. The van der Waals surface area contributed by atoms with E-state index in [1.807, 2.05) is 0 Å². The predicted octanol–water partition coefficient (Wildman–Crippen LogP) is 0.269. The molecular formula is C8H26N3O3P. The van der Waals surface area contributed by atoms with Gasteiger partial charge in [-0.05, 0) is 26.2 Å². The van der Waals surface area contributed by atoms with E-state index in [4.69, 9.17) is 14.4 Å². The molecule has 15 heavy (non-hydrogen) atoms. The Bertz CT molecular complexity index is 123. The average Bonchev–Trinajstić information content (AvgIpc) is 2.05. The molecule has 0 amide bonds. The second-order valence-electron chi connectivity index (χ2n) is 2.50.